The summed E-state index contributed by atoms with van der Waals surface area (Å²) >= 11 is 1.33. The summed E-state index contributed by atoms with van der Waals surface area (Å²) in [6.45, 7) is 0.807. The van der Waals surface area contributed by atoms with Crippen molar-refractivity contribution in [3.8, 4) is 11.3 Å². The second-order valence-corrected chi connectivity index (χ2v) is 8.84. The van der Waals surface area contributed by atoms with Crippen LogP contribution in [0.2, 0.25) is 0 Å². The number of para-hydroxylation sites is 1. The van der Waals surface area contributed by atoms with Gasteiger partial charge in [-0.3, -0.25) is 9.59 Å². The minimum atomic E-state index is -0.353. The molecule has 0 atom stereocenters. The number of esters is 1. The zero-order valence-corrected chi connectivity index (χ0v) is 19.0. The molecule has 34 heavy (non-hydrogen) atoms. The van der Waals surface area contributed by atoms with E-state index in [1.807, 2.05) is 35.7 Å². The minimum Gasteiger partial charge on any atom is -0.464 e. The SMILES string of the molecule is O=C(OCc1nc2scc(-c3ccco3)c2c(=O)[nH]1)C1CCN(C(=O)Nc2ccccc2)CC1. The molecule has 1 aliphatic heterocycles. The molecule has 1 saturated heterocycles. The number of anilines is 1. The number of furan rings is 1. The zero-order valence-electron chi connectivity index (χ0n) is 18.2. The highest BCUT2D eigenvalue weighted by molar-refractivity contribution is 7.17. The first-order valence-electron chi connectivity index (χ1n) is 10.9. The molecule has 10 heteroatoms. The predicted molar refractivity (Wildman–Crippen MR) is 127 cm³/mol. The number of nitrogens with zero attached hydrogens (tertiary/aromatic N) is 2. The van der Waals surface area contributed by atoms with Crippen molar-refractivity contribution in [1.82, 2.24) is 14.9 Å². The molecule has 5 rings (SSSR count). The third-order valence-corrected chi connectivity index (χ3v) is 6.64. The number of hydrogen-bond donors (Lipinski definition) is 2. The topological polar surface area (TPSA) is 118 Å². The average molecular weight is 479 g/mol. The van der Waals surface area contributed by atoms with E-state index < -0.39 is 0 Å². The Kier molecular flexibility index (Phi) is 6.13. The van der Waals surface area contributed by atoms with E-state index in [0.717, 1.165) is 5.69 Å². The molecule has 0 radical (unpaired) electrons. The summed E-state index contributed by atoms with van der Waals surface area (Å²) < 4.78 is 10.8. The third-order valence-electron chi connectivity index (χ3n) is 5.77. The van der Waals surface area contributed by atoms with Gasteiger partial charge < -0.3 is 24.4 Å². The van der Waals surface area contributed by atoms with Gasteiger partial charge in [0.15, 0.2) is 0 Å². The summed E-state index contributed by atoms with van der Waals surface area (Å²) in [6.07, 6.45) is 2.58. The number of rotatable bonds is 5. The van der Waals surface area contributed by atoms with Crippen molar-refractivity contribution in [3.63, 3.8) is 0 Å². The second-order valence-electron chi connectivity index (χ2n) is 7.98. The first kappa shape index (κ1) is 21.9. The first-order chi connectivity index (χ1) is 16.6. The summed E-state index contributed by atoms with van der Waals surface area (Å²) in [5.74, 6) is 0.233. The number of thiophene rings is 1. The van der Waals surface area contributed by atoms with Gasteiger partial charge in [0.05, 0.1) is 17.6 Å². The number of urea groups is 1. The van der Waals surface area contributed by atoms with Crippen LogP contribution >= 0.6 is 11.3 Å². The third kappa shape index (κ3) is 4.58. The van der Waals surface area contributed by atoms with E-state index in [0.29, 0.717) is 53.3 Å². The number of aromatic amines is 1. The number of benzene rings is 1. The van der Waals surface area contributed by atoms with Crippen molar-refractivity contribution < 1.29 is 18.7 Å². The Morgan fingerprint density at radius 2 is 1.97 bits per heavy atom. The molecule has 4 heterocycles. The summed E-state index contributed by atoms with van der Waals surface area (Å²) in [6, 6.07) is 12.6. The van der Waals surface area contributed by atoms with Crippen LogP contribution in [0.25, 0.3) is 21.5 Å². The molecule has 3 aromatic heterocycles. The van der Waals surface area contributed by atoms with Gasteiger partial charge in [-0.05, 0) is 37.1 Å². The minimum absolute atomic E-state index is 0.118. The van der Waals surface area contributed by atoms with Gasteiger partial charge in [-0.15, -0.1) is 11.3 Å². The van der Waals surface area contributed by atoms with E-state index in [1.54, 1.807) is 23.3 Å². The van der Waals surface area contributed by atoms with Crippen LogP contribution < -0.4 is 10.9 Å². The molecular formula is C24H22N4O5S. The number of hydrogen-bond acceptors (Lipinski definition) is 7. The molecule has 2 N–H and O–H groups in total. The quantitative estimate of drug-likeness (QED) is 0.415. The Balaban J connectivity index is 1.16. The monoisotopic (exact) mass is 478 g/mol. The molecule has 174 valence electrons. The number of amides is 2. The summed E-state index contributed by atoms with van der Waals surface area (Å²) in [7, 11) is 0. The fourth-order valence-electron chi connectivity index (χ4n) is 3.97. The van der Waals surface area contributed by atoms with Crippen molar-refractivity contribution in [2.24, 2.45) is 5.92 Å². The van der Waals surface area contributed by atoms with Crippen LogP contribution in [0.1, 0.15) is 18.7 Å². The molecule has 0 bridgehead atoms. The van der Waals surface area contributed by atoms with Crippen molar-refractivity contribution in [1.29, 1.82) is 0 Å². The fourth-order valence-corrected chi connectivity index (χ4v) is 4.92. The molecule has 1 fully saturated rings. The number of piperidine rings is 1. The standard InChI is InChI=1S/C24H22N4O5S/c29-21-20-17(18-7-4-12-32-18)14-34-22(20)27-19(26-21)13-33-23(30)15-8-10-28(11-9-15)24(31)25-16-5-2-1-3-6-16/h1-7,12,14-15H,8-11,13H2,(H,25,31)(H,26,27,29). The summed E-state index contributed by atoms with van der Waals surface area (Å²) in [4.78, 5) is 47.0. The molecule has 4 aromatic rings. The highest BCUT2D eigenvalue weighted by Gasteiger charge is 2.28. The van der Waals surface area contributed by atoms with Gasteiger partial charge in [0.2, 0.25) is 0 Å². The van der Waals surface area contributed by atoms with Crippen LogP contribution in [0, 0.1) is 5.92 Å². The lowest BCUT2D eigenvalue weighted by Gasteiger charge is -2.30. The van der Waals surface area contributed by atoms with Gasteiger partial charge in [0, 0.05) is 29.7 Å². The Morgan fingerprint density at radius 1 is 1.18 bits per heavy atom. The highest BCUT2D eigenvalue weighted by Crippen LogP contribution is 2.31. The maximum atomic E-state index is 12.6. The number of ether oxygens (including phenoxy) is 1. The van der Waals surface area contributed by atoms with Crippen LogP contribution in [0.4, 0.5) is 10.5 Å². The second kappa shape index (κ2) is 9.52. The van der Waals surface area contributed by atoms with Gasteiger partial charge in [0.25, 0.3) is 5.56 Å². The van der Waals surface area contributed by atoms with Crippen LogP contribution in [-0.2, 0) is 16.1 Å². The Bertz CT molecular complexity index is 1360. The van der Waals surface area contributed by atoms with Gasteiger partial charge in [-0.2, -0.15) is 0 Å². The lowest BCUT2D eigenvalue weighted by Crippen LogP contribution is -2.42. The maximum absolute atomic E-state index is 12.6. The molecule has 0 aliphatic carbocycles. The molecule has 0 saturated carbocycles. The Morgan fingerprint density at radius 3 is 2.71 bits per heavy atom. The van der Waals surface area contributed by atoms with Crippen LogP contribution in [0.15, 0.2) is 63.3 Å². The molecule has 1 aliphatic rings. The number of likely N-dealkylation sites (tertiary alicyclic amines) is 1. The largest absolute Gasteiger partial charge is 0.464 e. The van der Waals surface area contributed by atoms with Crippen molar-refractivity contribution >= 4 is 39.2 Å². The highest BCUT2D eigenvalue weighted by atomic mass is 32.1. The van der Waals surface area contributed by atoms with Crippen LogP contribution in [0.5, 0.6) is 0 Å². The molecule has 1 aromatic carbocycles. The van der Waals surface area contributed by atoms with E-state index >= 15 is 0 Å². The van der Waals surface area contributed by atoms with Gasteiger partial charge in [-0.25, -0.2) is 9.78 Å². The summed E-state index contributed by atoms with van der Waals surface area (Å²) in [5.41, 5.74) is 1.11. The van der Waals surface area contributed by atoms with Gasteiger partial charge >= 0.3 is 12.0 Å². The molecule has 2 amide bonds. The normalized spacial score (nSPS) is 14.3. The van der Waals surface area contributed by atoms with E-state index in [4.69, 9.17) is 9.15 Å². The Labute approximate surface area is 198 Å². The smallest absolute Gasteiger partial charge is 0.321 e. The zero-order chi connectivity index (χ0) is 23.5. The Hall–Kier alpha value is -3.92. The molecule has 0 unspecified atom stereocenters. The predicted octanol–water partition coefficient (Wildman–Crippen LogP) is 4.23. The first-order valence-corrected chi connectivity index (χ1v) is 11.8. The number of carbonyl (C=O) groups is 2. The molecular weight excluding hydrogens is 456 g/mol. The van der Waals surface area contributed by atoms with Crippen LogP contribution in [-0.4, -0.2) is 40.0 Å². The molecule has 0 spiro atoms. The van der Waals surface area contributed by atoms with Gasteiger partial charge in [0.1, 0.15) is 23.0 Å². The van der Waals surface area contributed by atoms with Crippen molar-refractivity contribution in [3.05, 3.63) is 70.3 Å². The lowest BCUT2D eigenvalue weighted by molar-refractivity contribution is -0.151. The van der Waals surface area contributed by atoms with Crippen molar-refractivity contribution in [2.75, 3.05) is 18.4 Å². The van der Waals surface area contributed by atoms with Crippen LogP contribution in [0.3, 0.4) is 0 Å². The molecule has 9 nitrogen and oxygen atoms in total. The summed E-state index contributed by atoms with van der Waals surface area (Å²) in [5, 5.41) is 5.13. The van der Waals surface area contributed by atoms with E-state index in [9.17, 15) is 14.4 Å². The van der Waals surface area contributed by atoms with E-state index in [2.05, 4.69) is 15.3 Å². The number of carbonyl (C=O) groups excluding carboxylic acids is 2. The number of H-pyrrole nitrogens is 1. The number of aromatic nitrogens is 2. The fraction of sp³-hybridized carbons (Fsp3) is 0.250. The van der Waals surface area contributed by atoms with Crippen molar-refractivity contribution in [2.45, 2.75) is 19.4 Å². The maximum Gasteiger partial charge on any atom is 0.321 e. The lowest BCUT2D eigenvalue weighted by atomic mass is 9.97. The van der Waals surface area contributed by atoms with Gasteiger partial charge in [-0.1, -0.05) is 18.2 Å². The number of fused-ring (bicyclic) bond motifs is 1. The average Bonchev–Trinajstić information content (AvgIpc) is 3.53. The van der Waals surface area contributed by atoms with E-state index in [-0.39, 0.29) is 30.1 Å². The number of nitrogens with one attached hydrogen (secondary N) is 2. The van der Waals surface area contributed by atoms with E-state index in [1.165, 1.54) is 11.3 Å².